The predicted octanol–water partition coefficient (Wildman–Crippen LogP) is 2.17. The lowest BCUT2D eigenvalue weighted by atomic mass is 9.87. The Labute approximate surface area is 64.2 Å². The Morgan fingerprint density at radius 2 is 1.80 bits per heavy atom. The molecule has 10 heavy (non-hydrogen) atoms. The summed E-state index contributed by atoms with van der Waals surface area (Å²) >= 11 is 0. The van der Waals surface area contributed by atoms with E-state index in [2.05, 4.69) is 19.2 Å². The minimum atomic E-state index is 0.834. The molecule has 0 aromatic heterocycles. The topological polar surface area (TPSA) is 12.0 Å². The molecule has 1 rings (SSSR count). The van der Waals surface area contributed by atoms with Crippen molar-refractivity contribution < 1.29 is 0 Å². The molecule has 0 unspecified atom stereocenters. The lowest BCUT2D eigenvalue weighted by Gasteiger charge is -2.26. The first-order valence-corrected chi connectivity index (χ1v) is 4.56. The second-order valence-corrected chi connectivity index (χ2v) is 3.51. The van der Waals surface area contributed by atoms with E-state index in [1.165, 1.54) is 25.7 Å². The van der Waals surface area contributed by atoms with E-state index >= 15 is 0 Å². The first-order valence-electron chi connectivity index (χ1n) is 4.56. The van der Waals surface area contributed by atoms with Crippen LogP contribution in [0.25, 0.3) is 0 Å². The Kier molecular flexibility index (Phi) is 3.20. The average molecular weight is 141 g/mol. The molecule has 0 aromatic rings. The van der Waals surface area contributed by atoms with Crippen LogP contribution in [0.4, 0.5) is 0 Å². The van der Waals surface area contributed by atoms with E-state index in [0.29, 0.717) is 0 Å². The molecule has 1 fully saturated rings. The molecule has 0 spiro atoms. The monoisotopic (exact) mass is 141 g/mol. The predicted molar refractivity (Wildman–Crippen MR) is 45.1 cm³/mol. The van der Waals surface area contributed by atoms with Gasteiger partial charge in [-0.05, 0) is 38.1 Å². The zero-order valence-electron chi connectivity index (χ0n) is 7.19. The summed E-state index contributed by atoms with van der Waals surface area (Å²) in [6.45, 7) is 5.69. The molecule has 0 atom stereocenters. The highest BCUT2D eigenvalue weighted by molar-refractivity contribution is 4.74. The summed E-state index contributed by atoms with van der Waals surface area (Å²) in [7, 11) is 0. The zero-order valence-corrected chi connectivity index (χ0v) is 7.19. The van der Waals surface area contributed by atoms with Gasteiger partial charge in [0, 0.05) is 6.04 Å². The molecule has 60 valence electrons. The largest absolute Gasteiger partial charge is 0.314 e. The molecule has 0 heterocycles. The highest BCUT2D eigenvalue weighted by Crippen LogP contribution is 2.22. The third kappa shape index (κ3) is 2.30. The maximum Gasteiger partial charge on any atom is 0.00671 e. The van der Waals surface area contributed by atoms with Gasteiger partial charge in [0.05, 0.1) is 0 Å². The maximum atomic E-state index is 3.50. The Morgan fingerprint density at radius 1 is 1.20 bits per heavy atom. The first-order chi connectivity index (χ1) is 4.83. The van der Waals surface area contributed by atoms with Crippen molar-refractivity contribution in [2.24, 2.45) is 5.92 Å². The number of hydrogen-bond acceptors (Lipinski definition) is 1. The third-order valence-electron chi connectivity index (χ3n) is 2.51. The molecule has 1 nitrogen and oxygen atoms in total. The molecule has 0 radical (unpaired) electrons. The third-order valence-corrected chi connectivity index (χ3v) is 2.51. The molecule has 1 aliphatic carbocycles. The first kappa shape index (κ1) is 8.06. The van der Waals surface area contributed by atoms with Gasteiger partial charge in [-0.1, -0.05) is 13.8 Å². The normalized spacial score (nSPS) is 34.2. The minimum Gasteiger partial charge on any atom is -0.314 e. The van der Waals surface area contributed by atoms with Crippen LogP contribution in [0.1, 0.15) is 39.5 Å². The van der Waals surface area contributed by atoms with Crippen LogP contribution in [-0.4, -0.2) is 12.6 Å². The van der Waals surface area contributed by atoms with E-state index in [1.807, 2.05) is 0 Å². The van der Waals surface area contributed by atoms with Gasteiger partial charge in [-0.3, -0.25) is 0 Å². The average Bonchev–Trinajstić information content (AvgIpc) is 1.95. The summed E-state index contributed by atoms with van der Waals surface area (Å²) in [4.78, 5) is 0. The maximum absolute atomic E-state index is 3.50. The van der Waals surface area contributed by atoms with E-state index in [4.69, 9.17) is 0 Å². The Balaban J connectivity index is 2.13. The van der Waals surface area contributed by atoms with E-state index in [0.717, 1.165) is 18.5 Å². The highest BCUT2D eigenvalue weighted by atomic mass is 14.9. The molecule has 1 heteroatoms. The van der Waals surface area contributed by atoms with Crippen LogP contribution >= 0.6 is 0 Å². The van der Waals surface area contributed by atoms with Crippen molar-refractivity contribution in [3.63, 3.8) is 0 Å². The summed E-state index contributed by atoms with van der Waals surface area (Å²) in [5.41, 5.74) is 0. The molecule has 1 N–H and O–H groups in total. The zero-order chi connectivity index (χ0) is 7.40. The van der Waals surface area contributed by atoms with E-state index in [9.17, 15) is 0 Å². The van der Waals surface area contributed by atoms with E-state index in [1.54, 1.807) is 0 Å². The van der Waals surface area contributed by atoms with E-state index in [-0.39, 0.29) is 0 Å². The molecular weight excluding hydrogens is 122 g/mol. The van der Waals surface area contributed by atoms with Gasteiger partial charge < -0.3 is 5.32 Å². The van der Waals surface area contributed by atoms with Crippen molar-refractivity contribution in [1.82, 2.24) is 5.32 Å². The highest BCUT2D eigenvalue weighted by Gasteiger charge is 2.16. The van der Waals surface area contributed by atoms with Crippen LogP contribution in [-0.2, 0) is 0 Å². The second-order valence-electron chi connectivity index (χ2n) is 3.51. The fourth-order valence-corrected chi connectivity index (χ4v) is 1.75. The van der Waals surface area contributed by atoms with Crippen LogP contribution in [0.3, 0.4) is 0 Å². The van der Waals surface area contributed by atoms with Gasteiger partial charge in [-0.15, -0.1) is 0 Å². The number of rotatable bonds is 2. The lowest BCUT2D eigenvalue weighted by Crippen LogP contribution is -2.32. The van der Waals surface area contributed by atoms with Crippen molar-refractivity contribution in [2.45, 2.75) is 45.6 Å². The van der Waals surface area contributed by atoms with Crippen molar-refractivity contribution in [2.75, 3.05) is 6.54 Å². The minimum absolute atomic E-state index is 0.834. The van der Waals surface area contributed by atoms with Crippen molar-refractivity contribution in [3.05, 3.63) is 0 Å². The van der Waals surface area contributed by atoms with Crippen LogP contribution in [0, 0.1) is 5.92 Å². The molecular formula is C9H19N. The Morgan fingerprint density at radius 3 is 2.30 bits per heavy atom. The molecule has 0 aromatic carbocycles. The van der Waals surface area contributed by atoms with Gasteiger partial charge in [0.15, 0.2) is 0 Å². The molecule has 1 saturated carbocycles. The smallest absolute Gasteiger partial charge is 0.00671 e. The van der Waals surface area contributed by atoms with Crippen molar-refractivity contribution in [1.29, 1.82) is 0 Å². The second kappa shape index (κ2) is 3.97. The summed E-state index contributed by atoms with van der Waals surface area (Å²) < 4.78 is 0. The SMILES string of the molecule is CCN[C@H]1CC[C@@H](C)CC1. The Hall–Kier alpha value is -0.0400. The fraction of sp³-hybridized carbons (Fsp3) is 1.00. The van der Waals surface area contributed by atoms with Crippen LogP contribution in [0.5, 0.6) is 0 Å². The summed E-state index contributed by atoms with van der Waals surface area (Å²) in [6.07, 6.45) is 5.65. The van der Waals surface area contributed by atoms with Gasteiger partial charge in [0.1, 0.15) is 0 Å². The fourth-order valence-electron chi connectivity index (χ4n) is 1.75. The van der Waals surface area contributed by atoms with Crippen molar-refractivity contribution >= 4 is 0 Å². The van der Waals surface area contributed by atoms with Crippen LogP contribution in [0.15, 0.2) is 0 Å². The molecule has 0 saturated heterocycles. The Bertz CT molecular complexity index is 82.7. The number of nitrogens with one attached hydrogen (secondary N) is 1. The van der Waals surface area contributed by atoms with E-state index < -0.39 is 0 Å². The summed E-state index contributed by atoms with van der Waals surface area (Å²) in [6, 6.07) is 0.834. The molecule has 0 amide bonds. The van der Waals surface area contributed by atoms with Gasteiger partial charge in [-0.25, -0.2) is 0 Å². The van der Waals surface area contributed by atoms with Gasteiger partial charge in [0.2, 0.25) is 0 Å². The lowest BCUT2D eigenvalue weighted by molar-refractivity contribution is 0.311. The number of hydrogen-bond donors (Lipinski definition) is 1. The quantitative estimate of drug-likeness (QED) is 0.621. The molecule has 0 aliphatic heterocycles. The van der Waals surface area contributed by atoms with Gasteiger partial charge >= 0.3 is 0 Å². The van der Waals surface area contributed by atoms with Crippen molar-refractivity contribution in [3.8, 4) is 0 Å². The molecule has 0 bridgehead atoms. The van der Waals surface area contributed by atoms with Gasteiger partial charge in [0.25, 0.3) is 0 Å². The van der Waals surface area contributed by atoms with Crippen LogP contribution in [0.2, 0.25) is 0 Å². The standard InChI is InChI=1S/C9H19N/c1-3-10-9-6-4-8(2)5-7-9/h8-10H,3-7H2,1-2H3/t8-,9+. The van der Waals surface area contributed by atoms with Crippen LogP contribution < -0.4 is 5.32 Å². The summed E-state index contributed by atoms with van der Waals surface area (Å²) in [5, 5.41) is 3.50. The van der Waals surface area contributed by atoms with Gasteiger partial charge in [-0.2, -0.15) is 0 Å². The molecule has 1 aliphatic rings. The summed E-state index contributed by atoms with van der Waals surface area (Å²) in [5.74, 6) is 0.981.